The lowest BCUT2D eigenvalue weighted by Crippen LogP contribution is -2.39. The maximum absolute atomic E-state index is 12.8. The average molecular weight is 451 g/mol. The number of likely N-dealkylation sites (tertiary alicyclic amines) is 1. The first kappa shape index (κ1) is 20.1. The van der Waals surface area contributed by atoms with Gasteiger partial charge in [-0.2, -0.15) is 0 Å². The fourth-order valence-corrected chi connectivity index (χ4v) is 5.80. The quantitative estimate of drug-likeness (QED) is 0.428. The molecule has 0 unspecified atom stereocenters. The van der Waals surface area contributed by atoms with Crippen LogP contribution in [0.4, 0.5) is 0 Å². The van der Waals surface area contributed by atoms with Crippen molar-refractivity contribution in [3.63, 3.8) is 0 Å². The van der Waals surface area contributed by atoms with E-state index in [-0.39, 0.29) is 5.91 Å². The van der Waals surface area contributed by atoms with Crippen molar-refractivity contribution in [3.8, 4) is 11.4 Å². The van der Waals surface area contributed by atoms with Crippen LogP contribution >= 0.6 is 23.1 Å². The van der Waals surface area contributed by atoms with Crippen molar-refractivity contribution in [2.24, 2.45) is 7.05 Å². The van der Waals surface area contributed by atoms with E-state index in [9.17, 15) is 4.79 Å². The van der Waals surface area contributed by atoms with Crippen LogP contribution in [-0.4, -0.2) is 54.4 Å². The molecule has 7 nitrogen and oxygen atoms in total. The number of hydrogen-bond donors (Lipinski definition) is 0. The minimum Gasteiger partial charge on any atom is -0.342 e. The number of para-hydroxylation sites is 1. The van der Waals surface area contributed by atoms with Gasteiger partial charge in [0.05, 0.1) is 21.0 Å². The van der Waals surface area contributed by atoms with Crippen LogP contribution in [-0.2, 0) is 11.8 Å². The number of nitrogens with zero attached hydrogens (tertiary/aromatic N) is 6. The molecule has 9 heteroatoms. The second-order valence-electron chi connectivity index (χ2n) is 7.56. The molecule has 0 bridgehead atoms. The Labute approximate surface area is 188 Å². The number of amides is 1. The smallest absolute Gasteiger partial charge is 0.233 e. The molecule has 1 aliphatic rings. The minimum absolute atomic E-state index is 0.154. The summed E-state index contributed by atoms with van der Waals surface area (Å²) in [5.41, 5.74) is 2.03. The van der Waals surface area contributed by atoms with Crippen LogP contribution < -0.4 is 0 Å². The highest BCUT2D eigenvalue weighted by Gasteiger charge is 2.26. The van der Waals surface area contributed by atoms with Gasteiger partial charge in [-0.25, -0.2) is 4.98 Å². The van der Waals surface area contributed by atoms with E-state index in [0.29, 0.717) is 11.7 Å². The largest absolute Gasteiger partial charge is 0.342 e. The molecule has 0 aliphatic carbocycles. The van der Waals surface area contributed by atoms with Gasteiger partial charge in [-0.05, 0) is 37.1 Å². The lowest BCUT2D eigenvalue weighted by Gasteiger charge is -2.31. The Morgan fingerprint density at radius 1 is 1.13 bits per heavy atom. The third kappa shape index (κ3) is 4.20. The van der Waals surface area contributed by atoms with Gasteiger partial charge in [0.15, 0.2) is 11.0 Å². The van der Waals surface area contributed by atoms with Gasteiger partial charge in [0.25, 0.3) is 0 Å². The summed E-state index contributed by atoms with van der Waals surface area (Å²) < 4.78 is 3.16. The fourth-order valence-electron chi connectivity index (χ4n) is 3.85. The molecule has 1 aliphatic heterocycles. The zero-order valence-electron chi connectivity index (χ0n) is 17.1. The molecule has 1 saturated heterocycles. The van der Waals surface area contributed by atoms with Crippen LogP contribution in [0.25, 0.3) is 21.6 Å². The second kappa shape index (κ2) is 8.76. The lowest BCUT2D eigenvalue weighted by molar-refractivity contribution is -0.129. The summed E-state index contributed by atoms with van der Waals surface area (Å²) in [6.07, 6.45) is 5.40. The number of thiazole rings is 1. The maximum Gasteiger partial charge on any atom is 0.233 e. The van der Waals surface area contributed by atoms with E-state index in [4.69, 9.17) is 4.98 Å². The molecule has 0 spiro atoms. The normalized spacial score (nSPS) is 14.9. The number of carbonyl (C=O) groups is 1. The predicted octanol–water partition coefficient (Wildman–Crippen LogP) is 3.99. The number of fused-ring (bicyclic) bond motifs is 1. The number of thioether (sulfide) groups is 1. The standard InChI is InChI=1S/C22H22N6OS2/c1-27-20(15-6-10-23-11-7-15)25-26-22(27)30-14-19(29)28-12-8-16(9-13-28)21-24-17-4-2-3-5-18(17)31-21/h2-7,10-11,16H,8-9,12-14H2,1H3. The van der Waals surface area contributed by atoms with Crippen molar-refractivity contribution in [3.05, 3.63) is 53.8 Å². The van der Waals surface area contributed by atoms with Gasteiger partial charge < -0.3 is 9.47 Å². The topological polar surface area (TPSA) is 76.8 Å². The molecule has 1 amide bonds. The summed E-state index contributed by atoms with van der Waals surface area (Å²) in [6.45, 7) is 1.56. The van der Waals surface area contributed by atoms with E-state index in [1.165, 1.54) is 21.5 Å². The fraction of sp³-hybridized carbons (Fsp3) is 0.318. The van der Waals surface area contributed by atoms with Crippen LogP contribution in [0.5, 0.6) is 0 Å². The zero-order chi connectivity index (χ0) is 21.2. The lowest BCUT2D eigenvalue weighted by atomic mass is 9.97. The monoisotopic (exact) mass is 450 g/mol. The molecule has 0 atom stereocenters. The summed E-state index contributed by atoms with van der Waals surface area (Å²) >= 11 is 3.22. The number of piperidine rings is 1. The van der Waals surface area contributed by atoms with Crippen LogP contribution in [0.15, 0.2) is 53.9 Å². The Morgan fingerprint density at radius 2 is 1.90 bits per heavy atom. The van der Waals surface area contributed by atoms with Crippen molar-refractivity contribution >= 4 is 39.2 Å². The van der Waals surface area contributed by atoms with Crippen molar-refractivity contribution in [1.29, 1.82) is 0 Å². The molecule has 4 heterocycles. The molecule has 0 N–H and O–H groups in total. The highest BCUT2D eigenvalue weighted by molar-refractivity contribution is 7.99. The summed E-state index contributed by atoms with van der Waals surface area (Å²) in [5, 5.41) is 10.5. The van der Waals surface area contributed by atoms with Gasteiger partial charge in [0.2, 0.25) is 5.91 Å². The summed E-state index contributed by atoms with van der Waals surface area (Å²) in [4.78, 5) is 23.6. The highest BCUT2D eigenvalue weighted by atomic mass is 32.2. The summed E-state index contributed by atoms with van der Waals surface area (Å²) in [5.74, 6) is 1.74. The van der Waals surface area contributed by atoms with Gasteiger partial charge in [0, 0.05) is 44.0 Å². The third-order valence-corrected chi connectivity index (χ3v) is 7.81. The zero-order valence-corrected chi connectivity index (χ0v) is 18.8. The summed E-state index contributed by atoms with van der Waals surface area (Å²) in [7, 11) is 1.92. The molecule has 0 saturated carbocycles. The Balaban J connectivity index is 1.17. The van der Waals surface area contributed by atoms with Crippen molar-refractivity contribution in [2.45, 2.75) is 23.9 Å². The van der Waals surface area contributed by atoms with Crippen LogP contribution in [0.2, 0.25) is 0 Å². The van der Waals surface area contributed by atoms with Gasteiger partial charge in [0.1, 0.15) is 0 Å². The van der Waals surface area contributed by atoms with Crippen LogP contribution in [0.1, 0.15) is 23.8 Å². The number of rotatable bonds is 5. The van der Waals surface area contributed by atoms with Gasteiger partial charge >= 0.3 is 0 Å². The second-order valence-corrected chi connectivity index (χ2v) is 9.57. The number of hydrogen-bond acceptors (Lipinski definition) is 7. The first-order valence-corrected chi connectivity index (χ1v) is 12.0. The predicted molar refractivity (Wildman–Crippen MR) is 123 cm³/mol. The van der Waals surface area contributed by atoms with E-state index in [1.807, 2.05) is 34.7 Å². The molecule has 1 aromatic carbocycles. The van der Waals surface area contributed by atoms with E-state index < -0.39 is 0 Å². The number of carbonyl (C=O) groups excluding carboxylic acids is 1. The van der Waals surface area contributed by atoms with Gasteiger partial charge in [-0.15, -0.1) is 21.5 Å². The molecule has 3 aromatic heterocycles. The Morgan fingerprint density at radius 3 is 2.68 bits per heavy atom. The first-order valence-electron chi connectivity index (χ1n) is 10.2. The Hall–Kier alpha value is -2.78. The molecule has 0 radical (unpaired) electrons. The first-order chi connectivity index (χ1) is 15.2. The van der Waals surface area contributed by atoms with E-state index in [1.54, 1.807) is 23.7 Å². The average Bonchev–Trinajstić information content (AvgIpc) is 3.41. The van der Waals surface area contributed by atoms with Gasteiger partial charge in [-0.1, -0.05) is 23.9 Å². The molecule has 31 heavy (non-hydrogen) atoms. The highest BCUT2D eigenvalue weighted by Crippen LogP contribution is 2.34. The van der Waals surface area contributed by atoms with Crippen molar-refractivity contribution in [1.82, 2.24) is 29.6 Å². The van der Waals surface area contributed by atoms with Gasteiger partial charge in [-0.3, -0.25) is 9.78 Å². The molecule has 5 rings (SSSR count). The number of aromatic nitrogens is 5. The van der Waals surface area contributed by atoms with E-state index >= 15 is 0 Å². The SMILES string of the molecule is Cn1c(SCC(=O)N2CCC(c3nc4ccccc4s3)CC2)nnc1-c1ccncc1. The molecular weight excluding hydrogens is 428 g/mol. The number of benzene rings is 1. The minimum atomic E-state index is 0.154. The summed E-state index contributed by atoms with van der Waals surface area (Å²) in [6, 6.07) is 12.1. The molecule has 4 aromatic rings. The molecular formula is C22H22N6OS2. The van der Waals surface area contributed by atoms with Crippen molar-refractivity contribution in [2.75, 3.05) is 18.8 Å². The third-order valence-electron chi connectivity index (χ3n) is 5.61. The van der Waals surface area contributed by atoms with Crippen molar-refractivity contribution < 1.29 is 4.79 Å². The Bertz CT molecular complexity index is 1160. The molecule has 158 valence electrons. The van der Waals surface area contributed by atoms with E-state index in [0.717, 1.165) is 48.0 Å². The molecule has 1 fully saturated rings. The Kier molecular flexibility index (Phi) is 5.69. The number of pyridine rings is 1. The van der Waals surface area contributed by atoms with Crippen LogP contribution in [0, 0.1) is 0 Å². The van der Waals surface area contributed by atoms with E-state index in [2.05, 4.69) is 33.4 Å². The maximum atomic E-state index is 12.8. The van der Waals surface area contributed by atoms with Crippen LogP contribution in [0.3, 0.4) is 0 Å².